The van der Waals surface area contributed by atoms with E-state index >= 15 is 8.78 Å². The minimum Gasteiger partial charge on any atom is -0.490 e. The first-order valence-electron chi connectivity index (χ1n) is 15.1. The van der Waals surface area contributed by atoms with Crippen molar-refractivity contribution in [2.75, 3.05) is 19.8 Å². The largest absolute Gasteiger partial charge is 0.490 e. The van der Waals surface area contributed by atoms with Crippen LogP contribution in [-0.4, -0.2) is 51.1 Å². The van der Waals surface area contributed by atoms with Crippen molar-refractivity contribution < 1.29 is 26.7 Å². The van der Waals surface area contributed by atoms with Crippen LogP contribution in [0.25, 0.3) is 21.9 Å². The van der Waals surface area contributed by atoms with Crippen molar-refractivity contribution in [3.8, 4) is 16.9 Å². The van der Waals surface area contributed by atoms with Gasteiger partial charge in [0, 0.05) is 17.1 Å². The number of amides is 1. The van der Waals surface area contributed by atoms with Crippen molar-refractivity contribution in [3.05, 3.63) is 95.5 Å². The van der Waals surface area contributed by atoms with Crippen LogP contribution in [0.15, 0.2) is 89.8 Å². The van der Waals surface area contributed by atoms with Crippen LogP contribution in [0.5, 0.6) is 5.75 Å². The van der Waals surface area contributed by atoms with Gasteiger partial charge in [-0.05, 0) is 96.9 Å². The standard InChI is InChI=1S/C34H34ClF2N3O4S/c35-28-14-8-24(9-15-28)23-6-12-27(13-7-23)34(36,37)32(33(41)40-19-3-18-38-22-40)39-45(42,43)31-17-11-25-20-30(16-10-26(25)21-31)44-29-4-1-2-5-29/h6-17,20-21,29,32,38-39H,1-5,18-19,22H2/t32-/m1/s1. The van der Waals surface area contributed by atoms with Crippen LogP contribution in [-0.2, 0) is 20.7 Å². The van der Waals surface area contributed by atoms with Crippen molar-refractivity contribution >= 4 is 38.3 Å². The van der Waals surface area contributed by atoms with Gasteiger partial charge in [-0.1, -0.05) is 60.1 Å². The average Bonchev–Trinajstić information content (AvgIpc) is 3.57. The summed E-state index contributed by atoms with van der Waals surface area (Å²) >= 11 is 5.97. The van der Waals surface area contributed by atoms with E-state index in [0.717, 1.165) is 36.6 Å². The molecule has 1 atom stereocenters. The summed E-state index contributed by atoms with van der Waals surface area (Å²) in [6, 6.07) is 19.8. The Morgan fingerprint density at radius 1 is 0.911 bits per heavy atom. The van der Waals surface area contributed by atoms with E-state index in [4.69, 9.17) is 16.3 Å². The highest BCUT2D eigenvalue weighted by Gasteiger charge is 2.49. The fraction of sp³-hybridized carbons (Fsp3) is 0.324. The quantitative estimate of drug-likeness (QED) is 0.210. The van der Waals surface area contributed by atoms with E-state index in [1.54, 1.807) is 42.5 Å². The van der Waals surface area contributed by atoms with Crippen molar-refractivity contribution in [1.29, 1.82) is 0 Å². The summed E-state index contributed by atoms with van der Waals surface area (Å²) < 4.78 is 68.0. The Morgan fingerprint density at radius 3 is 2.22 bits per heavy atom. The van der Waals surface area contributed by atoms with E-state index in [2.05, 4.69) is 10.0 Å². The van der Waals surface area contributed by atoms with Gasteiger partial charge in [0.25, 0.3) is 5.92 Å². The monoisotopic (exact) mass is 653 g/mol. The van der Waals surface area contributed by atoms with Crippen molar-refractivity contribution in [3.63, 3.8) is 0 Å². The Bertz CT molecular complexity index is 1770. The van der Waals surface area contributed by atoms with Crippen LogP contribution in [0.3, 0.4) is 0 Å². The summed E-state index contributed by atoms with van der Waals surface area (Å²) in [5, 5.41) is 4.90. The molecule has 2 fully saturated rings. The third-order valence-electron chi connectivity index (χ3n) is 8.42. The molecule has 236 valence electrons. The lowest BCUT2D eigenvalue weighted by Gasteiger charge is -2.34. The maximum Gasteiger partial charge on any atom is 0.298 e. The van der Waals surface area contributed by atoms with E-state index in [-0.39, 0.29) is 24.2 Å². The predicted octanol–water partition coefficient (Wildman–Crippen LogP) is 6.70. The molecule has 4 aromatic carbocycles. The maximum absolute atomic E-state index is 16.3. The van der Waals surface area contributed by atoms with Gasteiger partial charge >= 0.3 is 0 Å². The average molecular weight is 654 g/mol. The Labute approximate surface area is 266 Å². The molecule has 1 heterocycles. The van der Waals surface area contributed by atoms with E-state index < -0.39 is 33.5 Å². The highest BCUT2D eigenvalue weighted by molar-refractivity contribution is 7.89. The molecular weight excluding hydrogens is 620 g/mol. The molecule has 0 unspecified atom stereocenters. The summed E-state index contributed by atoms with van der Waals surface area (Å²) in [6.45, 7) is 0.911. The number of carbonyl (C=O) groups is 1. The fourth-order valence-corrected chi connectivity index (χ4v) is 7.25. The molecule has 0 aromatic heterocycles. The van der Waals surface area contributed by atoms with Crippen molar-refractivity contribution in [1.82, 2.24) is 14.9 Å². The number of nitrogens with zero attached hydrogens (tertiary/aromatic N) is 1. The lowest BCUT2D eigenvalue weighted by atomic mass is 9.97. The van der Waals surface area contributed by atoms with Gasteiger partial charge < -0.3 is 9.64 Å². The molecule has 1 saturated heterocycles. The van der Waals surface area contributed by atoms with Gasteiger partial charge in [0.05, 0.1) is 17.7 Å². The summed E-state index contributed by atoms with van der Waals surface area (Å²) in [5.41, 5.74) is 0.956. The number of benzene rings is 4. The van der Waals surface area contributed by atoms with E-state index in [1.807, 2.05) is 6.07 Å². The lowest BCUT2D eigenvalue weighted by Crippen LogP contribution is -2.58. The Balaban J connectivity index is 1.28. The molecule has 6 rings (SSSR count). The summed E-state index contributed by atoms with van der Waals surface area (Å²) in [4.78, 5) is 14.6. The summed E-state index contributed by atoms with van der Waals surface area (Å²) in [7, 11) is -4.55. The fourth-order valence-electron chi connectivity index (χ4n) is 5.90. The first-order valence-corrected chi connectivity index (χ1v) is 16.9. The molecule has 11 heteroatoms. The molecule has 1 saturated carbocycles. The number of carbonyl (C=O) groups excluding carboxylic acids is 1. The highest BCUT2D eigenvalue weighted by atomic mass is 35.5. The number of rotatable bonds is 9. The number of halogens is 3. The smallest absolute Gasteiger partial charge is 0.298 e. The number of nitrogens with one attached hydrogen (secondary N) is 2. The minimum absolute atomic E-state index is 0.0455. The molecule has 4 aromatic rings. The molecule has 1 amide bonds. The predicted molar refractivity (Wildman–Crippen MR) is 171 cm³/mol. The second-order valence-electron chi connectivity index (χ2n) is 11.6. The second-order valence-corrected chi connectivity index (χ2v) is 13.7. The van der Waals surface area contributed by atoms with E-state index in [0.29, 0.717) is 34.7 Å². The third-order valence-corrected chi connectivity index (χ3v) is 10.1. The van der Waals surface area contributed by atoms with Crippen LogP contribution in [0.2, 0.25) is 5.02 Å². The number of hydrogen-bond acceptors (Lipinski definition) is 5. The summed E-state index contributed by atoms with van der Waals surface area (Å²) in [5.74, 6) is -4.18. The molecule has 2 aliphatic rings. The molecule has 0 spiro atoms. The number of fused-ring (bicyclic) bond motifs is 1. The number of sulfonamides is 1. The molecule has 2 N–H and O–H groups in total. The SMILES string of the molecule is O=C([C@@H](NS(=O)(=O)c1ccc2cc(OC3CCCC3)ccc2c1)C(F)(F)c1ccc(-c2ccc(Cl)cc2)cc1)N1CCCNC1. The molecular formula is C34H34ClF2N3O4S. The Morgan fingerprint density at radius 2 is 1.56 bits per heavy atom. The molecule has 0 radical (unpaired) electrons. The van der Waals surface area contributed by atoms with Crippen LogP contribution in [0.1, 0.15) is 37.7 Å². The minimum atomic E-state index is -4.55. The number of hydrogen-bond donors (Lipinski definition) is 2. The normalized spacial score (nSPS) is 17.0. The lowest BCUT2D eigenvalue weighted by molar-refractivity contribution is -0.145. The number of ether oxygens (including phenoxy) is 1. The molecule has 0 bridgehead atoms. The van der Waals surface area contributed by atoms with Crippen LogP contribution in [0.4, 0.5) is 8.78 Å². The van der Waals surface area contributed by atoms with Crippen LogP contribution in [0, 0.1) is 0 Å². The zero-order valence-corrected chi connectivity index (χ0v) is 26.1. The van der Waals surface area contributed by atoms with Gasteiger partial charge in [-0.15, -0.1) is 0 Å². The Hall–Kier alpha value is -3.57. The maximum atomic E-state index is 16.3. The molecule has 45 heavy (non-hydrogen) atoms. The molecule has 1 aliphatic carbocycles. The van der Waals surface area contributed by atoms with E-state index in [1.165, 1.54) is 41.3 Å². The van der Waals surface area contributed by atoms with Gasteiger partial charge in [-0.2, -0.15) is 13.5 Å². The molecule has 1 aliphatic heterocycles. The Kier molecular flexibility index (Phi) is 9.10. The van der Waals surface area contributed by atoms with Crippen molar-refractivity contribution in [2.45, 2.75) is 55.1 Å². The van der Waals surface area contributed by atoms with Gasteiger partial charge in [0.15, 0.2) is 6.04 Å². The van der Waals surface area contributed by atoms with Crippen molar-refractivity contribution in [2.24, 2.45) is 0 Å². The number of alkyl halides is 2. The topological polar surface area (TPSA) is 87.7 Å². The third kappa shape index (κ3) is 6.99. The van der Waals surface area contributed by atoms with Crippen LogP contribution >= 0.6 is 11.6 Å². The summed E-state index contributed by atoms with van der Waals surface area (Å²) in [6.07, 6.45) is 5.02. The first kappa shape index (κ1) is 31.4. The van der Waals surface area contributed by atoms with Gasteiger partial charge in [0.2, 0.25) is 15.9 Å². The zero-order chi connectivity index (χ0) is 31.6. The van der Waals surface area contributed by atoms with Gasteiger partial charge in [-0.3, -0.25) is 10.1 Å². The zero-order valence-electron chi connectivity index (χ0n) is 24.5. The second kappa shape index (κ2) is 13.0. The van der Waals surface area contributed by atoms with Crippen LogP contribution < -0.4 is 14.8 Å². The first-order chi connectivity index (χ1) is 21.6. The highest BCUT2D eigenvalue weighted by Crippen LogP contribution is 2.36. The van der Waals surface area contributed by atoms with E-state index in [9.17, 15) is 13.2 Å². The van der Waals surface area contributed by atoms with Gasteiger partial charge in [0.1, 0.15) is 5.75 Å². The van der Waals surface area contributed by atoms with Gasteiger partial charge in [-0.25, -0.2) is 8.42 Å². The molecule has 7 nitrogen and oxygen atoms in total.